The summed E-state index contributed by atoms with van der Waals surface area (Å²) in [5, 5.41) is 3.38. The summed E-state index contributed by atoms with van der Waals surface area (Å²) in [6.07, 6.45) is 0. The second-order valence-corrected chi connectivity index (χ2v) is 5.38. The quantitative estimate of drug-likeness (QED) is 0.923. The summed E-state index contributed by atoms with van der Waals surface area (Å²) in [5.41, 5.74) is 5.24. The molecule has 3 rings (SSSR count). The van der Waals surface area contributed by atoms with E-state index < -0.39 is 0 Å². The van der Waals surface area contributed by atoms with Crippen molar-refractivity contribution in [3.8, 4) is 0 Å². The first-order valence-corrected chi connectivity index (χ1v) is 7.26. The van der Waals surface area contributed by atoms with E-state index in [0.29, 0.717) is 0 Å². The molecule has 0 bridgehead atoms. The van der Waals surface area contributed by atoms with Gasteiger partial charge in [-0.1, -0.05) is 31.2 Å². The number of hydrogen-bond donors (Lipinski definition) is 1. The van der Waals surface area contributed by atoms with Gasteiger partial charge >= 0.3 is 0 Å². The fourth-order valence-electron chi connectivity index (χ4n) is 2.75. The number of nitrogens with zero attached hydrogens (tertiary/aromatic N) is 2. The number of benzene rings is 1. The topological polar surface area (TPSA) is 28.2 Å². The van der Waals surface area contributed by atoms with Crippen LogP contribution in [-0.2, 0) is 19.6 Å². The third kappa shape index (κ3) is 2.68. The van der Waals surface area contributed by atoms with Crippen molar-refractivity contribution in [3.05, 3.63) is 58.8 Å². The first-order chi connectivity index (χ1) is 9.76. The van der Waals surface area contributed by atoms with E-state index in [4.69, 9.17) is 4.98 Å². The number of aromatic nitrogens is 1. The van der Waals surface area contributed by atoms with Gasteiger partial charge in [-0.2, -0.15) is 0 Å². The summed E-state index contributed by atoms with van der Waals surface area (Å²) in [6, 6.07) is 13.0. The average molecular weight is 267 g/mol. The highest BCUT2D eigenvalue weighted by molar-refractivity contribution is 5.49. The van der Waals surface area contributed by atoms with E-state index in [0.717, 1.165) is 37.7 Å². The van der Waals surface area contributed by atoms with Gasteiger partial charge in [0.15, 0.2) is 0 Å². The zero-order valence-electron chi connectivity index (χ0n) is 12.2. The van der Waals surface area contributed by atoms with Crippen molar-refractivity contribution < 1.29 is 0 Å². The molecule has 0 saturated heterocycles. The van der Waals surface area contributed by atoms with Crippen LogP contribution in [-0.4, -0.2) is 11.5 Å². The van der Waals surface area contributed by atoms with Crippen LogP contribution < -0.4 is 10.2 Å². The number of rotatable bonds is 4. The lowest BCUT2D eigenvalue weighted by molar-refractivity contribution is 0.723. The van der Waals surface area contributed by atoms with Crippen LogP contribution in [0.5, 0.6) is 0 Å². The van der Waals surface area contributed by atoms with Crippen molar-refractivity contribution in [3.63, 3.8) is 0 Å². The molecule has 0 aliphatic carbocycles. The molecule has 1 aromatic carbocycles. The Hall–Kier alpha value is -1.87. The smallest absolute Gasteiger partial charge is 0.129 e. The zero-order valence-corrected chi connectivity index (χ0v) is 12.2. The van der Waals surface area contributed by atoms with Crippen molar-refractivity contribution in [2.24, 2.45) is 0 Å². The number of fused-ring (bicyclic) bond motifs is 1. The lowest BCUT2D eigenvalue weighted by Crippen LogP contribution is -2.18. The second kappa shape index (κ2) is 5.63. The maximum absolute atomic E-state index is 4.71. The average Bonchev–Trinajstić information content (AvgIpc) is 2.88. The molecule has 20 heavy (non-hydrogen) atoms. The minimum Gasteiger partial charge on any atom is -0.348 e. The van der Waals surface area contributed by atoms with Crippen LogP contribution in [0, 0.1) is 6.92 Å². The fourth-order valence-corrected chi connectivity index (χ4v) is 2.75. The molecule has 3 heteroatoms. The van der Waals surface area contributed by atoms with E-state index in [1.54, 1.807) is 0 Å². The van der Waals surface area contributed by atoms with Crippen molar-refractivity contribution in [2.75, 3.05) is 11.4 Å². The van der Waals surface area contributed by atoms with Gasteiger partial charge in [-0.05, 0) is 42.3 Å². The SMILES string of the molecule is CCNCc1cc(C)nc(N2Cc3ccccc3C2)c1. The van der Waals surface area contributed by atoms with E-state index in [2.05, 4.69) is 60.5 Å². The molecule has 104 valence electrons. The Labute approximate surface area is 120 Å². The molecular formula is C17H21N3. The summed E-state index contributed by atoms with van der Waals surface area (Å²) in [5.74, 6) is 1.09. The first kappa shape index (κ1) is 13.1. The summed E-state index contributed by atoms with van der Waals surface area (Å²) in [7, 11) is 0. The minimum absolute atomic E-state index is 0.910. The normalized spacial score (nSPS) is 13.6. The molecule has 0 spiro atoms. The summed E-state index contributed by atoms with van der Waals surface area (Å²) < 4.78 is 0. The molecule has 1 N–H and O–H groups in total. The molecule has 1 aliphatic heterocycles. The molecule has 3 nitrogen and oxygen atoms in total. The molecular weight excluding hydrogens is 246 g/mol. The molecule has 1 aliphatic rings. The molecule has 0 radical (unpaired) electrons. The van der Waals surface area contributed by atoms with Crippen LogP contribution >= 0.6 is 0 Å². The minimum atomic E-state index is 0.910. The first-order valence-electron chi connectivity index (χ1n) is 7.26. The molecule has 0 saturated carbocycles. The number of hydrogen-bond acceptors (Lipinski definition) is 3. The van der Waals surface area contributed by atoms with Gasteiger partial charge in [0.25, 0.3) is 0 Å². The summed E-state index contributed by atoms with van der Waals surface area (Å²) in [4.78, 5) is 7.06. The maximum atomic E-state index is 4.71. The number of aryl methyl sites for hydroxylation is 1. The van der Waals surface area contributed by atoms with Crippen LogP contribution in [0.3, 0.4) is 0 Å². The highest BCUT2D eigenvalue weighted by atomic mass is 15.2. The molecule has 2 aromatic rings. The van der Waals surface area contributed by atoms with Crippen LogP contribution in [0.2, 0.25) is 0 Å². The van der Waals surface area contributed by atoms with Gasteiger partial charge in [0.1, 0.15) is 5.82 Å². The van der Waals surface area contributed by atoms with Gasteiger partial charge in [-0.3, -0.25) is 0 Å². The predicted octanol–water partition coefficient (Wildman–Crippen LogP) is 3.02. The van der Waals surface area contributed by atoms with Crippen LogP contribution in [0.4, 0.5) is 5.82 Å². The lowest BCUT2D eigenvalue weighted by atomic mass is 10.1. The van der Waals surface area contributed by atoms with Gasteiger partial charge in [0.2, 0.25) is 0 Å². The van der Waals surface area contributed by atoms with Crippen molar-refractivity contribution in [2.45, 2.75) is 33.5 Å². The van der Waals surface area contributed by atoms with E-state index in [1.807, 2.05) is 0 Å². The molecule has 1 aromatic heterocycles. The maximum Gasteiger partial charge on any atom is 0.129 e. The molecule has 0 fully saturated rings. The molecule has 0 unspecified atom stereocenters. The summed E-state index contributed by atoms with van der Waals surface area (Å²) in [6.45, 7) is 8.04. The number of anilines is 1. The van der Waals surface area contributed by atoms with Crippen LogP contribution in [0.15, 0.2) is 36.4 Å². The lowest BCUT2D eigenvalue weighted by Gasteiger charge is -2.18. The van der Waals surface area contributed by atoms with Gasteiger partial charge in [0, 0.05) is 25.3 Å². The monoisotopic (exact) mass is 267 g/mol. The van der Waals surface area contributed by atoms with Crippen LogP contribution in [0.25, 0.3) is 0 Å². The number of nitrogens with one attached hydrogen (secondary N) is 1. The third-order valence-corrected chi connectivity index (χ3v) is 3.74. The number of pyridine rings is 1. The van der Waals surface area contributed by atoms with Gasteiger partial charge in [-0.25, -0.2) is 4.98 Å². The van der Waals surface area contributed by atoms with Crippen molar-refractivity contribution in [1.82, 2.24) is 10.3 Å². The zero-order chi connectivity index (χ0) is 13.9. The largest absolute Gasteiger partial charge is 0.348 e. The standard InChI is InChI=1S/C17H21N3/c1-3-18-10-14-8-13(2)19-17(9-14)20-11-15-6-4-5-7-16(15)12-20/h4-9,18H,3,10-12H2,1-2H3. The molecule has 0 atom stereocenters. The van der Waals surface area contributed by atoms with Gasteiger partial charge in [-0.15, -0.1) is 0 Å². The molecule has 0 amide bonds. The Balaban J connectivity index is 1.83. The Kier molecular flexibility index (Phi) is 3.70. The third-order valence-electron chi connectivity index (χ3n) is 3.74. The fraction of sp³-hybridized carbons (Fsp3) is 0.353. The van der Waals surface area contributed by atoms with Gasteiger partial charge < -0.3 is 10.2 Å². The Morgan fingerprint density at radius 1 is 1.15 bits per heavy atom. The van der Waals surface area contributed by atoms with E-state index in [1.165, 1.54) is 16.7 Å². The van der Waals surface area contributed by atoms with Gasteiger partial charge in [0.05, 0.1) is 0 Å². The summed E-state index contributed by atoms with van der Waals surface area (Å²) >= 11 is 0. The van der Waals surface area contributed by atoms with Crippen LogP contribution in [0.1, 0.15) is 29.3 Å². The van der Waals surface area contributed by atoms with E-state index in [9.17, 15) is 0 Å². The Morgan fingerprint density at radius 2 is 1.85 bits per heavy atom. The van der Waals surface area contributed by atoms with Crippen molar-refractivity contribution in [1.29, 1.82) is 0 Å². The predicted molar refractivity (Wildman–Crippen MR) is 82.7 cm³/mol. The van der Waals surface area contributed by atoms with E-state index in [-0.39, 0.29) is 0 Å². The van der Waals surface area contributed by atoms with Crippen molar-refractivity contribution >= 4 is 5.82 Å². The Bertz CT molecular complexity index is 582. The molecule has 2 heterocycles. The Morgan fingerprint density at radius 3 is 2.50 bits per heavy atom. The van der Waals surface area contributed by atoms with E-state index >= 15 is 0 Å². The highest BCUT2D eigenvalue weighted by Gasteiger charge is 2.19. The highest BCUT2D eigenvalue weighted by Crippen LogP contribution is 2.27. The second-order valence-electron chi connectivity index (χ2n) is 5.38.